The van der Waals surface area contributed by atoms with Crippen molar-refractivity contribution in [2.45, 2.75) is 38.7 Å². The fraction of sp³-hybridized carbons (Fsp3) is 0.600. The Hall–Kier alpha value is -0.303. The zero-order chi connectivity index (χ0) is 8.91. The Morgan fingerprint density at radius 1 is 1.45 bits per heavy atom. The van der Waals surface area contributed by atoms with Crippen LogP contribution >= 0.6 is 0 Å². The van der Waals surface area contributed by atoms with Gasteiger partial charge in [-0.15, -0.1) is 6.58 Å². The Bertz CT molecular complexity index is 143. The third kappa shape index (κ3) is 3.56. The van der Waals surface area contributed by atoms with Crippen LogP contribution in [0, 0.1) is 0 Å². The van der Waals surface area contributed by atoms with Gasteiger partial charge in [0.15, 0.2) is 0 Å². The second-order valence-corrected chi connectivity index (χ2v) is 6.53. The fourth-order valence-corrected chi connectivity index (χ4v) is 2.86. The largest absolute Gasteiger partial charge is 0.100 e. The van der Waals surface area contributed by atoms with E-state index in [0.29, 0.717) is 5.04 Å². The first-order chi connectivity index (χ1) is 5.08. The fourth-order valence-electron chi connectivity index (χ4n) is 1.12. The summed E-state index contributed by atoms with van der Waals surface area (Å²) in [4.78, 5) is 0. The lowest BCUT2D eigenvalue weighted by Gasteiger charge is -2.25. The van der Waals surface area contributed by atoms with Crippen molar-refractivity contribution in [3.05, 3.63) is 24.4 Å². The van der Waals surface area contributed by atoms with Crippen LogP contribution in [0.3, 0.4) is 0 Å². The van der Waals surface area contributed by atoms with Gasteiger partial charge in [0, 0.05) is 0 Å². The van der Waals surface area contributed by atoms with Gasteiger partial charge in [0.1, 0.15) is 0 Å². The van der Waals surface area contributed by atoms with Crippen LogP contribution in [0.4, 0.5) is 0 Å². The van der Waals surface area contributed by atoms with Crippen molar-refractivity contribution in [1.82, 2.24) is 0 Å². The summed E-state index contributed by atoms with van der Waals surface area (Å²) in [6.45, 7) is 14.7. The maximum atomic E-state index is 4.00. The molecule has 0 N–H and O–H groups in total. The molecule has 0 bridgehead atoms. The van der Waals surface area contributed by atoms with E-state index in [2.05, 4.69) is 33.9 Å². The lowest BCUT2D eigenvalue weighted by Crippen LogP contribution is -2.15. The number of rotatable bonds is 5. The van der Waals surface area contributed by atoms with Crippen molar-refractivity contribution < 1.29 is 0 Å². The van der Waals surface area contributed by atoms with Crippen molar-refractivity contribution >= 4 is 9.52 Å². The number of hydrogen-bond acceptors (Lipinski definition) is 0. The molecule has 11 heavy (non-hydrogen) atoms. The smallest absolute Gasteiger partial charge is 0.0598 e. The Morgan fingerprint density at radius 2 is 1.91 bits per heavy atom. The van der Waals surface area contributed by atoms with Crippen molar-refractivity contribution in [2.24, 2.45) is 0 Å². The SMILES string of the molecule is C=CC(=C)[SiH2]C(C)(CC)CC. The van der Waals surface area contributed by atoms with Crippen LogP contribution < -0.4 is 0 Å². The molecule has 0 aromatic heterocycles. The molecule has 0 fully saturated rings. The highest BCUT2D eigenvalue weighted by atomic mass is 28.2. The highest BCUT2D eigenvalue weighted by Crippen LogP contribution is 2.33. The quantitative estimate of drug-likeness (QED) is 0.437. The van der Waals surface area contributed by atoms with Crippen LogP contribution in [0.2, 0.25) is 5.04 Å². The molecule has 64 valence electrons. The maximum Gasteiger partial charge on any atom is 0.0598 e. The first kappa shape index (κ1) is 10.7. The molecule has 0 aromatic rings. The lowest BCUT2D eigenvalue weighted by molar-refractivity contribution is 0.565. The Morgan fingerprint density at radius 3 is 2.18 bits per heavy atom. The van der Waals surface area contributed by atoms with Crippen LogP contribution in [0.15, 0.2) is 24.4 Å². The summed E-state index contributed by atoms with van der Waals surface area (Å²) in [6, 6.07) is 0. The average molecular weight is 168 g/mol. The van der Waals surface area contributed by atoms with Gasteiger partial charge in [-0.2, -0.15) is 0 Å². The number of allylic oxidation sites excluding steroid dienone is 2. The van der Waals surface area contributed by atoms with Gasteiger partial charge in [-0.1, -0.05) is 51.5 Å². The van der Waals surface area contributed by atoms with Gasteiger partial charge in [0.2, 0.25) is 0 Å². The molecule has 0 rings (SSSR count). The molecule has 0 unspecified atom stereocenters. The van der Waals surface area contributed by atoms with E-state index in [-0.39, 0.29) is 9.52 Å². The van der Waals surface area contributed by atoms with Crippen LogP contribution in [-0.4, -0.2) is 9.52 Å². The van der Waals surface area contributed by atoms with E-state index >= 15 is 0 Å². The van der Waals surface area contributed by atoms with E-state index in [9.17, 15) is 0 Å². The predicted octanol–water partition coefficient (Wildman–Crippen LogP) is 2.85. The third-order valence-corrected chi connectivity index (χ3v) is 5.25. The molecular formula is C10H20Si. The van der Waals surface area contributed by atoms with Gasteiger partial charge in [0.25, 0.3) is 0 Å². The first-order valence-corrected chi connectivity index (χ1v) is 5.79. The minimum absolute atomic E-state index is 0.159. The monoisotopic (exact) mass is 168 g/mol. The molecular weight excluding hydrogens is 148 g/mol. The van der Waals surface area contributed by atoms with Gasteiger partial charge in [-0.25, -0.2) is 0 Å². The van der Waals surface area contributed by atoms with Crippen LogP contribution in [0.5, 0.6) is 0 Å². The molecule has 0 spiro atoms. The summed E-state index contributed by atoms with van der Waals surface area (Å²) in [6.07, 6.45) is 4.49. The summed E-state index contributed by atoms with van der Waals surface area (Å²) >= 11 is 0. The lowest BCUT2D eigenvalue weighted by atomic mass is 10.1. The zero-order valence-corrected chi connectivity index (χ0v) is 9.53. The Labute approximate surface area is 73.2 Å². The van der Waals surface area contributed by atoms with Gasteiger partial charge < -0.3 is 0 Å². The first-order valence-electron chi connectivity index (χ1n) is 4.38. The molecule has 0 heterocycles. The Balaban J connectivity index is 4.06. The molecule has 0 aliphatic heterocycles. The highest BCUT2D eigenvalue weighted by molar-refractivity contribution is 6.49. The van der Waals surface area contributed by atoms with Crippen molar-refractivity contribution in [3.8, 4) is 0 Å². The molecule has 0 saturated heterocycles. The molecule has 0 aliphatic rings. The molecule has 0 atom stereocenters. The van der Waals surface area contributed by atoms with Crippen molar-refractivity contribution in [3.63, 3.8) is 0 Å². The maximum absolute atomic E-state index is 4.00. The summed E-state index contributed by atoms with van der Waals surface area (Å²) in [5, 5.41) is 1.88. The second kappa shape index (κ2) is 4.55. The molecule has 0 aliphatic carbocycles. The second-order valence-electron chi connectivity index (χ2n) is 3.56. The molecule has 0 amide bonds. The zero-order valence-electron chi connectivity index (χ0n) is 8.11. The van der Waals surface area contributed by atoms with Crippen molar-refractivity contribution in [1.29, 1.82) is 0 Å². The predicted molar refractivity (Wildman–Crippen MR) is 56.8 cm³/mol. The van der Waals surface area contributed by atoms with Crippen LogP contribution in [0.1, 0.15) is 33.6 Å². The normalized spacial score (nSPS) is 12.3. The van der Waals surface area contributed by atoms with Crippen molar-refractivity contribution in [2.75, 3.05) is 0 Å². The Kier molecular flexibility index (Phi) is 4.42. The highest BCUT2D eigenvalue weighted by Gasteiger charge is 2.19. The van der Waals surface area contributed by atoms with Gasteiger partial charge in [-0.05, 0) is 5.04 Å². The van der Waals surface area contributed by atoms with E-state index in [1.165, 1.54) is 18.0 Å². The molecule has 0 aromatic carbocycles. The van der Waals surface area contributed by atoms with Crippen LogP contribution in [0.25, 0.3) is 0 Å². The van der Waals surface area contributed by atoms with Gasteiger partial charge >= 0.3 is 0 Å². The van der Waals surface area contributed by atoms with E-state index < -0.39 is 0 Å². The van der Waals surface area contributed by atoms with Gasteiger partial charge in [0.05, 0.1) is 9.52 Å². The van der Waals surface area contributed by atoms with E-state index in [1.807, 2.05) is 6.08 Å². The molecule has 0 saturated carbocycles. The van der Waals surface area contributed by atoms with E-state index in [0.717, 1.165) is 0 Å². The summed E-state index contributed by atoms with van der Waals surface area (Å²) in [7, 11) is -0.159. The number of hydrogen-bond donors (Lipinski definition) is 0. The third-order valence-electron chi connectivity index (χ3n) is 2.65. The van der Waals surface area contributed by atoms with Gasteiger partial charge in [-0.3, -0.25) is 0 Å². The van der Waals surface area contributed by atoms with Crippen LogP contribution in [-0.2, 0) is 0 Å². The molecule has 1 heteroatoms. The minimum Gasteiger partial charge on any atom is -0.100 e. The minimum atomic E-state index is -0.159. The summed E-state index contributed by atoms with van der Waals surface area (Å²) < 4.78 is 0. The summed E-state index contributed by atoms with van der Waals surface area (Å²) in [5.74, 6) is 0. The molecule has 0 radical (unpaired) electrons. The topological polar surface area (TPSA) is 0 Å². The van der Waals surface area contributed by atoms with E-state index in [1.54, 1.807) is 0 Å². The molecule has 0 nitrogen and oxygen atoms in total. The average Bonchev–Trinajstić information content (AvgIpc) is 2.04. The standard InChI is InChI=1S/C10H20Si/c1-6-9(4)11-10(5,7-2)8-3/h6H,1,4,7-8,11H2,2-3,5H3. The van der Waals surface area contributed by atoms with E-state index in [4.69, 9.17) is 0 Å². The summed E-state index contributed by atoms with van der Waals surface area (Å²) in [5.41, 5.74) is 0.